The van der Waals surface area contributed by atoms with Crippen molar-refractivity contribution >= 4 is 27.5 Å². The maximum atomic E-state index is 12.8. The van der Waals surface area contributed by atoms with Crippen LogP contribution >= 0.6 is 11.6 Å². The number of benzene rings is 1. The van der Waals surface area contributed by atoms with Gasteiger partial charge in [-0.25, -0.2) is 8.42 Å². The molecule has 0 atom stereocenters. The molecule has 1 fully saturated rings. The zero-order valence-corrected chi connectivity index (χ0v) is 14.3. The lowest BCUT2D eigenvalue weighted by Crippen LogP contribution is -2.54. The number of piperazine rings is 1. The highest BCUT2D eigenvalue weighted by atomic mass is 35.5. The van der Waals surface area contributed by atoms with Gasteiger partial charge in [-0.3, -0.25) is 4.79 Å². The number of rotatable bonds is 4. The molecule has 1 saturated heterocycles. The topological polar surface area (TPSA) is 66.9 Å². The average Bonchev–Trinajstić information content (AvgIpc) is 2.46. The number of nitrogens with zero attached hydrogens (tertiary/aromatic N) is 2. The Morgan fingerprint density at radius 2 is 1.95 bits per heavy atom. The molecule has 0 saturated carbocycles. The Bertz CT molecular complexity index is 675. The molecular formula is C14H19ClN2O4S. The quantitative estimate of drug-likeness (QED) is 0.830. The molecule has 0 unspecified atom stereocenters. The van der Waals surface area contributed by atoms with Gasteiger partial charge in [-0.1, -0.05) is 11.6 Å². The SMILES string of the molecule is COc1ccc(Cl)cc1S(=O)(=O)N1CCN(C(C)C)C(=O)C1. The molecule has 1 amide bonds. The molecule has 1 aromatic carbocycles. The zero-order valence-electron chi connectivity index (χ0n) is 12.7. The molecule has 1 aliphatic rings. The third kappa shape index (κ3) is 3.21. The minimum Gasteiger partial charge on any atom is -0.495 e. The summed E-state index contributed by atoms with van der Waals surface area (Å²) >= 11 is 5.90. The summed E-state index contributed by atoms with van der Waals surface area (Å²) in [6, 6.07) is 4.45. The number of hydrogen-bond acceptors (Lipinski definition) is 4. The highest BCUT2D eigenvalue weighted by Gasteiger charge is 2.35. The number of halogens is 1. The molecule has 0 N–H and O–H groups in total. The molecule has 1 aliphatic heterocycles. The third-order valence-electron chi connectivity index (χ3n) is 3.59. The summed E-state index contributed by atoms with van der Waals surface area (Å²) in [4.78, 5) is 13.8. The fraction of sp³-hybridized carbons (Fsp3) is 0.500. The van der Waals surface area contributed by atoms with Crippen molar-refractivity contribution in [1.29, 1.82) is 0 Å². The largest absolute Gasteiger partial charge is 0.495 e. The molecule has 8 heteroatoms. The van der Waals surface area contributed by atoms with Gasteiger partial charge in [0.05, 0.1) is 13.7 Å². The maximum absolute atomic E-state index is 12.8. The summed E-state index contributed by atoms with van der Waals surface area (Å²) in [5.41, 5.74) is 0. The van der Waals surface area contributed by atoms with E-state index in [4.69, 9.17) is 16.3 Å². The van der Waals surface area contributed by atoms with E-state index in [1.807, 2.05) is 13.8 Å². The van der Waals surface area contributed by atoms with Crippen LogP contribution in [0.25, 0.3) is 0 Å². The number of amides is 1. The van der Waals surface area contributed by atoms with E-state index in [9.17, 15) is 13.2 Å². The lowest BCUT2D eigenvalue weighted by Gasteiger charge is -2.36. The highest BCUT2D eigenvalue weighted by molar-refractivity contribution is 7.89. The van der Waals surface area contributed by atoms with Crippen molar-refractivity contribution in [2.75, 3.05) is 26.7 Å². The van der Waals surface area contributed by atoms with Crippen LogP contribution in [-0.4, -0.2) is 56.3 Å². The first-order valence-corrected chi connectivity index (χ1v) is 8.72. The Morgan fingerprint density at radius 1 is 1.27 bits per heavy atom. The van der Waals surface area contributed by atoms with Gasteiger partial charge in [-0.05, 0) is 32.0 Å². The van der Waals surface area contributed by atoms with Crippen LogP contribution < -0.4 is 4.74 Å². The highest BCUT2D eigenvalue weighted by Crippen LogP contribution is 2.30. The molecule has 0 spiro atoms. The molecule has 0 aliphatic carbocycles. The van der Waals surface area contributed by atoms with Gasteiger partial charge in [0, 0.05) is 24.2 Å². The maximum Gasteiger partial charge on any atom is 0.247 e. The van der Waals surface area contributed by atoms with Gasteiger partial charge >= 0.3 is 0 Å². The van der Waals surface area contributed by atoms with Crippen molar-refractivity contribution in [3.63, 3.8) is 0 Å². The van der Waals surface area contributed by atoms with Gasteiger partial charge in [0.15, 0.2) is 0 Å². The second kappa shape index (κ2) is 6.44. The Morgan fingerprint density at radius 3 is 2.50 bits per heavy atom. The van der Waals surface area contributed by atoms with E-state index < -0.39 is 10.0 Å². The van der Waals surface area contributed by atoms with Crippen LogP contribution in [0.3, 0.4) is 0 Å². The second-order valence-electron chi connectivity index (χ2n) is 5.31. The predicted molar refractivity (Wildman–Crippen MR) is 83.6 cm³/mol. The first-order chi connectivity index (χ1) is 10.3. The van der Waals surface area contributed by atoms with E-state index >= 15 is 0 Å². The monoisotopic (exact) mass is 346 g/mol. The van der Waals surface area contributed by atoms with Gasteiger partial charge in [0.1, 0.15) is 10.6 Å². The summed E-state index contributed by atoms with van der Waals surface area (Å²) in [5, 5.41) is 0.298. The van der Waals surface area contributed by atoms with E-state index in [0.717, 1.165) is 0 Å². The van der Waals surface area contributed by atoms with Crippen molar-refractivity contribution in [2.24, 2.45) is 0 Å². The number of ether oxygens (including phenoxy) is 1. The average molecular weight is 347 g/mol. The Hall–Kier alpha value is -1.31. The van der Waals surface area contributed by atoms with Gasteiger partial charge in [0.25, 0.3) is 0 Å². The Labute approximate surface area is 135 Å². The number of carbonyl (C=O) groups excluding carboxylic acids is 1. The first kappa shape index (κ1) is 17.1. The molecule has 1 aromatic rings. The van der Waals surface area contributed by atoms with Crippen LogP contribution in [0, 0.1) is 0 Å². The normalized spacial score (nSPS) is 17.1. The van der Waals surface area contributed by atoms with Crippen molar-refractivity contribution in [1.82, 2.24) is 9.21 Å². The lowest BCUT2D eigenvalue weighted by atomic mass is 10.2. The van der Waals surface area contributed by atoms with Gasteiger partial charge in [-0.2, -0.15) is 4.31 Å². The van der Waals surface area contributed by atoms with Crippen LogP contribution in [0.5, 0.6) is 5.75 Å². The van der Waals surface area contributed by atoms with Crippen molar-refractivity contribution in [3.05, 3.63) is 23.2 Å². The van der Waals surface area contributed by atoms with Crippen LogP contribution in [0.4, 0.5) is 0 Å². The van der Waals surface area contributed by atoms with Gasteiger partial charge in [0.2, 0.25) is 15.9 Å². The van der Waals surface area contributed by atoms with E-state index in [2.05, 4.69) is 0 Å². The molecular weight excluding hydrogens is 328 g/mol. The summed E-state index contributed by atoms with van der Waals surface area (Å²) < 4.78 is 31.8. The Kier molecular flexibility index (Phi) is 4.99. The predicted octanol–water partition coefficient (Wildman–Crippen LogP) is 1.59. The molecule has 122 valence electrons. The van der Waals surface area contributed by atoms with Crippen molar-refractivity contribution in [2.45, 2.75) is 24.8 Å². The molecule has 1 heterocycles. The smallest absolute Gasteiger partial charge is 0.247 e. The minimum atomic E-state index is -3.83. The van der Waals surface area contributed by atoms with E-state index in [0.29, 0.717) is 11.6 Å². The number of carbonyl (C=O) groups is 1. The third-order valence-corrected chi connectivity index (χ3v) is 5.69. The molecule has 22 heavy (non-hydrogen) atoms. The molecule has 0 aromatic heterocycles. The molecule has 0 bridgehead atoms. The minimum absolute atomic E-state index is 0.0201. The summed E-state index contributed by atoms with van der Waals surface area (Å²) in [6.45, 7) is 4.26. The second-order valence-corrected chi connectivity index (χ2v) is 7.66. The molecule has 2 rings (SSSR count). The first-order valence-electron chi connectivity index (χ1n) is 6.90. The lowest BCUT2D eigenvalue weighted by molar-refractivity contribution is -0.135. The molecule has 6 nitrogen and oxygen atoms in total. The van der Waals surface area contributed by atoms with Crippen molar-refractivity contribution < 1.29 is 17.9 Å². The number of sulfonamides is 1. The summed E-state index contributed by atoms with van der Waals surface area (Å²) in [7, 11) is -2.44. The number of methoxy groups -OCH3 is 1. The Balaban J connectivity index is 2.33. The van der Waals surface area contributed by atoms with Crippen LogP contribution in [-0.2, 0) is 14.8 Å². The fourth-order valence-electron chi connectivity index (χ4n) is 2.41. The summed E-state index contributed by atoms with van der Waals surface area (Å²) in [5.74, 6) is 0.00829. The van der Waals surface area contributed by atoms with E-state index in [1.165, 1.54) is 23.5 Å². The van der Waals surface area contributed by atoms with Crippen LogP contribution in [0.2, 0.25) is 5.02 Å². The fourth-order valence-corrected chi connectivity index (χ4v) is 4.21. The standard InChI is InChI=1S/C14H19ClN2O4S/c1-10(2)17-7-6-16(9-14(17)18)22(19,20)13-8-11(15)4-5-12(13)21-3/h4-5,8,10H,6-7,9H2,1-3H3. The van der Waals surface area contributed by atoms with E-state index in [-0.39, 0.29) is 35.7 Å². The van der Waals surface area contributed by atoms with Gasteiger partial charge in [-0.15, -0.1) is 0 Å². The molecule has 0 radical (unpaired) electrons. The van der Waals surface area contributed by atoms with Crippen LogP contribution in [0.1, 0.15) is 13.8 Å². The van der Waals surface area contributed by atoms with Gasteiger partial charge < -0.3 is 9.64 Å². The van der Waals surface area contributed by atoms with Crippen molar-refractivity contribution in [3.8, 4) is 5.75 Å². The zero-order chi connectivity index (χ0) is 16.5. The van der Waals surface area contributed by atoms with Crippen LogP contribution in [0.15, 0.2) is 23.1 Å². The summed E-state index contributed by atoms with van der Waals surface area (Å²) in [6.07, 6.45) is 0. The van der Waals surface area contributed by atoms with E-state index in [1.54, 1.807) is 11.0 Å². The number of hydrogen-bond donors (Lipinski definition) is 0.